The van der Waals surface area contributed by atoms with Crippen LogP contribution < -0.4 is 10.9 Å². The molecule has 1 aromatic carbocycles. The summed E-state index contributed by atoms with van der Waals surface area (Å²) >= 11 is 0. The Morgan fingerprint density at radius 1 is 1.11 bits per heavy atom. The normalized spacial score (nSPS) is 17.3. The van der Waals surface area contributed by atoms with E-state index >= 15 is 0 Å². The first-order valence-electron chi connectivity index (χ1n) is 12.2. The van der Waals surface area contributed by atoms with Gasteiger partial charge in [-0.3, -0.25) is 14.2 Å². The van der Waals surface area contributed by atoms with E-state index < -0.39 is 5.60 Å². The summed E-state index contributed by atoms with van der Waals surface area (Å²) in [5, 5.41) is 19.2. The van der Waals surface area contributed by atoms with Crippen LogP contribution in [0.15, 0.2) is 66.0 Å². The van der Waals surface area contributed by atoms with E-state index in [1.165, 1.54) is 17.1 Å². The molecule has 4 heterocycles. The number of anilines is 2. The van der Waals surface area contributed by atoms with Crippen LogP contribution in [-0.2, 0) is 11.3 Å². The fourth-order valence-corrected chi connectivity index (χ4v) is 4.76. The number of pyridine rings is 1. The summed E-state index contributed by atoms with van der Waals surface area (Å²) in [5.74, 6) is 1.10. The van der Waals surface area contributed by atoms with Gasteiger partial charge in [0.15, 0.2) is 5.65 Å². The van der Waals surface area contributed by atoms with Crippen molar-refractivity contribution in [1.29, 1.82) is 0 Å². The van der Waals surface area contributed by atoms with Gasteiger partial charge in [0, 0.05) is 30.9 Å². The molecule has 1 amide bonds. The third-order valence-electron chi connectivity index (χ3n) is 6.98. The first-order chi connectivity index (χ1) is 17.5. The van der Waals surface area contributed by atoms with Gasteiger partial charge in [-0.05, 0) is 56.0 Å². The lowest BCUT2D eigenvalue weighted by molar-refractivity contribution is -0.137. The molecule has 1 saturated carbocycles. The summed E-state index contributed by atoms with van der Waals surface area (Å²) in [7, 11) is 0. The molecule has 36 heavy (non-hydrogen) atoms. The number of piperidine rings is 1. The third-order valence-corrected chi connectivity index (χ3v) is 6.98. The highest BCUT2D eigenvalue weighted by Crippen LogP contribution is 2.33. The van der Waals surface area contributed by atoms with E-state index in [-0.39, 0.29) is 23.9 Å². The first kappa shape index (κ1) is 22.4. The number of carbonyl (C=O) groups is 1. The molecule has 1 saturated heterocycles. The van der Waals surface area contributed by atoms with Crippen LogP contribution in [0.1, 0.15) is 25.7 Å². The fraction of sp³-hybridized carbons (Fsp3) is 0.346. The van der Waals surface area contributed by atoms with Crippen molar-refractivity contribution in [2.75, 3.05) is 18.4 Å². The highest BCUT2D eigenvalue weighted by atomic mass is 16.3. The molecule has 6 rings (SSSR count). The van der Waals surface area contributed by atoms with E-state index in [1.807, 2.05) is 47.4 Å². The van der Waals surface area contributed by atoms with Crippen LogP contribution in [0.4, 0.5) is 11.5 Å². The maximum absolute atomic E-state index is 13.2. The van der Waals surface area contributed by atoms with Crippen molar-refractivity contribution < 1.29 is 9.90 Å². The van der Waals surface area contributed by atoms with Crippen molar-refractivity contribution in [3.8, 4) is 5.69 Å². The Balaban J connectivity index is 1.21. The number of amides is 1. The molecule has 2 aliphatic rings. The Hall–Kier alpha value is -4.05. The number of aliphatic hydroxyl groups is 1. The highest BCUT2D eigenvalue weighted by molar-refractivity contribution is 5.81. The van der Waals surface area contributed by atoms with Crippen LogP contribution in [0.2, 0.25) is 0 Å². The van der Waals surface area contributed by atoms with Gasteiger partial charge in [0.2, 0.25) is 5.91 Å². The summed E-state index contributed by atoms with van der Waals surface area (Å²) in [6, 6.07) is 13.3. The molecule has 10 heteroatoms. The second-order valence-corrected chi connectivity index (χ2v) is 9.69. The number of hydrogen-bond acceptors (Lipinski definition) is 7. The minimum atomic E-state index is -1.05. The largest absolute Gasteiger partial charge is 0.388 e. The van der Waals surface area contributed by atoms with Crippen LogP contribution in [0.5, 0.6) is 0 Å². The topological polar surface area (TPSA) is 118 Å². The van der Waals surface area contributed by atoms with Gasteiger partial charge in [0.1, 0.15) is 17.5 Å². The van der Waals surface area contributed by atoms with Gasteiger partial charge in [0.25, 0.3) is 5.56 Å². The molecule has 1 aliphatic carbocycles. The SMILES string of the molecule is O=C(C1CC1)N1CCC(O)(Cn2cnc3c(cnn3-c3cccc(Nc4ccccn4)c3)c2=O)CC1. The van der Waals surface area contributed by atoms with Gasteiger partial charge in [-0.2, -0.15) is 5.10 Å². The van der Waals surface area contributed by atoms with Crippen LogP contribution in [-0.4, -0.2) is 58.9 Å². The summed E-state index contributed by atoms with van der Waals surface area (Å²) in [6.45, 7) is 1.16. The van der Waals surface area contributed by atoms with Gasteiger partial charge in [-0.1, -0.05) is 12.1 Å². The van der Waals surface area contributed by atoms with E-state index in [4.69, 9.17) is 0 Å². The number of likely N-dealkylation sites (tertiary alicyclic amines) is 1. The summed E-state index contributed by atoms with van der Waals surface area (Å²) in [6.07, 6.45) is 7.52. The fourth-order valence-electron chi connectivity index (χ4n) is 4.76. The number of benzene rings is 1. The number of rotatable bonds is 6. The minimum absolute atomic E-state index is 0.134. The predicted molar refractivity (Wildman–Crippen MR) is 134 cm³/mol. The minimum Gasteiger partial charge on any atom is -0.388 e. The van der Waals surface area contributed by atoms with E-state index in [0.29, 0.717) is 37.0 Å². The molecule has 2 fully saturated rings. The standard InChI is InChI=1S/C26H27N7O3/c34-24(18-7-8-18)31-12-9-26(36,10-13-31)16-32-17-28-23-21(25(32)35)15-29-33(23)20-5-3-4-19(14-20)30-22-6-1-2-11-27-22/h1-6,11,14-15,17-18,36H,7-10,12-13,16H2,(H,27,30). The highest BCUT2D eigenvalue weighted by Gasteiger charge is 2.39. The van der Waals surface area contributed by atoms with Crippen LogP contribution >= 0.6 is 0 Å². The average Bonchev–Trinajstić information content (AvgIpc) is 3.65. The molecule has 10 nitrogen and oxygen atoms in total. The van der Waals surface area contributed by atoms with Crippen molar-refractivity contribution in [3.63, 3.8) is 0 Å². The third kappa shape index (κ3) is 4.35. The molecule has 4 aromatic rings. The molecule has 0 spiro atoms. The Morgan fingerprint density at radius 2 is 1.94 bits per heavy atom. The Labute approximate surface area is 207 Å². The monoisotopic (exact) mass is 485 g/mol. The Bertz CT molecular complexity index is 1470. The lowest BCUT2D eigenvalue weighted by Crippen LogP contribution is -2.50. The van der Waals surface area contributed by atoms with E-state index in [9.17, 15) is 14.7 Å². The molecule has 0 radical (unpaired) electrons. The molecule has 3 aromatic heterocycles. The van der Waals surface area contributed by atoms with E-state index in [2.05, 4.69) is 20.4 Å². The first-order valence-corrected chi connectivity index (χ1v) is 12.2. The Morgan fingerprint density at radius 3 is 2.69 bits per heavy atom. The van der Waals surface area contributed by atoms with Gasteiger partial charge < -0.3 is 15.3 Å². The maximum atomic E-state index is 13.2. The summed E-state index contributed by atoms with van der Waals surface area (Å²) in [5.41, 5.74) is 0.724. The number of fused-ring (bicyclic) bond motifs is 1. The van der Waals surface area contributed by atoms with Crippen molar-refractivity contribution >= 4 is 28.4 Å². The number of aromatic nitrogens is 5. The second-order valence-electron chi connectivity index (χ2n) is 9.69. The Kier molecular flexibility index (Phi) is 5.52. The van der Waals surface area contributed by atoms with Crippen molar-refractivity contribution in [2.45, 2.75) is 37.8 Å². The lowest BCUT2D eigenvalue weighted by atomic mass is 9.91. The molecule has 0 unspecified atom stereocenters. The van der Waals surface area contributed by atoms with Crippen LogP contribution in [0.25, 0.3) is 16.7 Å². The predicted octanol–water partition coefficient (Wildman–Crippen LogP) is 2.48. The van der Waals surface area contributed by atoms with Crippen LogP contribution in [0.3, 0.4) is 0 Å². The maximum Gasteiger partial charge on any atom is 0.264 e. The summed E-state index contributed by atoms with van der Waals surface area (Å²) in [4.78, 5) is 36.2. The molecule has 2 N–H and O–H groups in total. The number of carbonyl (C=O) groups excluding carboxylic acids is 1. The molecule has 1 aliphatic heterocycles. The smallest absolute Gasteiger partial charge is 0.264 e. The lowest BCUT2D eigenvalue weighted by Gasteiger charge is -2.38. The van der Waals surface area contributed by atoms with Crippen LogP contribution in [0, 0.1) is 5.92 Å². The average molecular weight is 486 g/mol. The second kappa shape index (κ2) is 8.87. The van der Waals surface area contributed by atoms with Gasteiger partial charge in [-0.15, -0.1) is 0 Å². The number of nitrogens with zero attached hydrogens (tertiary/aromatic N) is 6. The van der Waals surface area contributed by atoms with Gasteiger partial charge in [-0.25, -0.2) is 14.6 Å². The summed E-state index contributed by atoms with van der Waals surface area (Å²) < 4.78 is 3.08. The zero-order chi connectivity index (χ0) is 24.7. The zero-order valence-electron chi connectivity index (χ0n) is 19.7. The van der Waals surface area contributed by atoms with Crippen molar-refractivity contribution in [2.24, 2.45) is 5.92 Å². The zero-order valence-corrected chi connectivity index (χ0v) is 19.7. The van der Waals surface area contributed by atoms with Gasteiger partial charge in [0.05, 0.1) is 24.0 Å². The molecule has 0 bridgehead atoms. The number of hydrogen-bond donors (Lipinski definition) is 2. The van der Waals surface area contributed by atoms with Gasteiger partial charge >= 0.3 is 0 Å². The molecular formula is C26H27N7O3. The van der Waals surface area contributed by atoms with E-state index in [0.717, 1.165) is 30.0 Å². The van der Waals surface area contributed by atoms with Crippen molar-refractivity contribution in [3.05, 3.63) is 71.5 Å². The van der Waals surface area contributed by atoms with Crippen molar-refractivity contribution in [1.82, 2.24) is 29.2 Å². The molecular weight excluding hydrogens is 458 g/mol. The molecule has 184 valence electrons. The molecule has 0 atom stereocenters. The quantitative estimate of drug-likeness (QED) is 0.431. The van der Waals surface area contributed by atoms with E-state index in [1.54, 1.807) is 10.9 Å². The number of nitrogens with one attached hydrogen (secondary N) is 1.